The average Bonchev–Trinajstić information content (AvgIpc) is 2.28. The number of sulfone groups is 1. The molecule has 0 fully saturated rings. The molecule has 1 rings (SSSR count). The zero-order chi connectivity index (χ0) is 12.9. The standard InChI is InChI=1S/C13H21NO2S/c1-11-6-4-8-13(10-11)17(15,16)9-5-7-12(2)14-3/h4,6,8,10,12,14H,5,7,9H2,1-3H3. The Hall–Kier alpha value is -0.870. The summed E-state index contributed by atoms with van der Waals surface area (Å²) in [6.45, 7) is 3.96. The molecular formula is C13H21NO2S. The fourth-order valence-corrected chi connectivity index (χ4v) is 3.08. The van der Waals surface area contributed by atoms with Crippen LogP contribution in [0.25, 0.3) is 0 Å². The second kappa shape index (κ2) is 6.17. The van der Waals surface area contributed by atoms with Crippen LogP contribution in [0, 0.1) is 6.92 Å². The van der Waals surface area contributed by atoms with Crippen LogP contribution in [0.2, 0.25) is 0 Å². The minimum atomic E-state index is -3.11. The van der Waals surface area contributed by atoms with Gasteiger partial charge in [-0.2, -0.15) is 0 Å². The normalized spacial score (nSPS) is 13.6. The topological polar surface area (TPSA) is 46.2 Å². The van der Waals surface area contributed by atoms with Gasteiger partial charge in [0.1, 0.15) is 0 Å². The highest BCUT2D eigenvalue weighted by Crippen LogP contribution is 2.14. The van der Waals surface area contributed by atoms with Gasteiger partial charge in [0.15, 0.2) is 9.84 Å². The summed E-state index contributed by atoms with van der Waals surface area (Å²) in [5.41, 5.74) is 0.981. The molecular weight excluding hydrogens is 234 g/mol. The largest absolute Gasteiger partial charge is 0.317 e. The van der Waals surface area contributed by atoms with Crippen LogP contribution < -0.4 is 5.32 Å². The van der Waals surface area contributed by atoms with Gasteiger partial charge in [-0.3, -0.25) is 0 Å². The third kappa shape index (κ3) is 4.48. The molecule has 0 bridgehead atoms. The number of aryl methyl sites for hydroxylation is 1. The van der Waals surface area contributed by atoms with Gasteiger partial charge in [0, 0.05) is 6.04 Å². The van der Waals surface area contributed by atoms with E-state index in [2.05, 4.69) is 12.2 Å². The second-order valence-electron chi connectivity index (χ2n) is 4.47. The van der Waals surface area contributed by atoms with Crippen LogP contribution >= 0.6 is 0 Å². The van der Waals surface area contributed by atoms with Crippen molar-refractivity contribution in [3.63, 3.8) is 0 Å². The van der Waals surface area contributed by atoms with E-state index in [4.69, 9.17) is 0 Å². The second-order valence-corrected chi connectivity index (χ2v) is 6.58. The first-order valence-electron chi connectivity index (χ1n) is 5.92. The number of nitrogens with one attached hydrogen (secondary N) is 1. The van der Waals surface area contributed by atoms with E-state index in [0.717, 1.165) is 12.0 Å². The van der Waals surface area contributed by atoms with Gasteiger partial charge in [0.05, 0.1) is 10.6 Å². The van der Waals surface area contributed by atoms with Gasteiger partial charge in [-0.25, -0.2) is 8.42 Å². The van der Waals surface area contributed by atoms with Gasteiger partial charge in [-0.1, -0.05) is 12.1 Å². The Kier molecular flexibility index (Phi) is 5.15. The zero-order valence-electron chi connectivity index (χ0n) is 10.7. The summed E-state index contributed by atoms with van der Waals surface area (Å²) in [4.78, 5) is 0.439. The van der Waals surface area contributed by atoms with E-state index in [0.29, 0.717) is 17.4 Å². The lowest BCUT2D eigenvalue weighted by molar-refractivity contribution is 0.548. The Bertz CT molecular complexity index is 454. The Balaban J connectivity index is 2.63. The highest BCUT2D eigenvalue weighted by Gasteiger charge is 2.14. The molecule has 1 unspecified atom stereocenters. The van der Waals surface area contributed by atoms with E-state index in [-0.39, 0.29) is 5.75 Å². The zero-order valence-corrected chi connectivity index (χ0v) is 11.5. The predicted octanol–water partition coefficient (Wildman–Crippen LogP) is 2.16. The van der Waals surface area contributed by atoms with Crippen LogP contribution in [0.4, 0.5) is 0 Å². The fraction of sp³-hybridized carbons (Fsp3) is 0.538. The molecule has 3 nitrogen and oxygen atoms in total. The minimum Gasteiger partial charge on any atom is -0.317 e. The van der Waals surface area contributed by atoms with Gasteiger partial charge >= 0.3 is 0 Å². The molecule has 0 amide bonds. The highest BCUT2D eigenvalue weighted by molar-refractivity contribution is 7.91. The van der Waals surface area contributed by atoms with E-state index < -0.39 is 9.84 Å². The molecule has 0 aliphatic carbocycles. The monoisotopic (exact) mass is 255 g/mol. The quantitative estimate of drug-likeness (QED) is 0.847. The summed E-state index contributed by atoms with van der Waals surface area (Å²) in [5.74, 6) is 0.225. The number of rotatable bonds is 6. The van der Waals surface area contributed by atoms with Crippen molar-refractivity contribution in [2.45, 2.75) is 37.6 Å². The number of hydrogen-bond donors (Lipinski definition) is 1. The van der Waals surface area contributed by atoms with Crippen molar-refractivity contribution in [3.8, 4) is 0 Å². The first kappa shape index (κ1) is 14.2. The maximum atomic E-state index is 12.0. The van der Waals surface area contributed by atoms with Crippen molar-refractivity contribution in [1.29, 1.82) is 0 Å². The van der Waals surface area contributed by atoms with E-state index in [1.54, 1.807) is 18.2 Å². The van der Waals surface area contributed by atoms with Gasteiger partial charge in [0.25, 0.3) is 0 Å². The Morgan fingerprint density at radius 1 is 1.35 bits per heavy atom. The molecule has 0 spiro atoms. The summed E-state index contributed by atoms with van der Waals surface area (Å²) in [6, 6.07) is 7.46. The maximum absolute atomic E-state index is 12.0. The third-order valence-electron chi connectivity index (χ3n) is 2.89. The van der Waals surface area contributed by atoms with Crippen molar-refractivity contribution in [3.05, 3.63) is 29.8 Å². The smallest absolute Gasteiger partial charge is 0.178 e. The summed E-state index contributed by atoms with van der Waals surface area (Å²) >= 11 is 0. The first-order valence-corrected chi connectivity index (χ1v) is 7.57. The van der Waals surface area contributed by atoms with Gasteiger partial charge in [0.2, 0.25) is 0 Å². The molecule has 0 saturated carbocycles. The molecule has 0 aromatic heterocycles. The molecule has 1 N–H and O–H groups in total. The third-order valence-corrected chi connectivity index (χ3v) is 4.69. The van der Waals surface area contributed by atoms with E-state index in [1.165, 1.54) is 0 Å². The van der Waals surface area contributed by atoms with Crippen molar-refractivity contribution in [2.24, 2.45) is 0 Å². The lowest BCUT2D eigenvalue weighted by Crippen LogP contribution is -2.22. The minimum absolute atomic E-state index is 0.225. The van der Waals surface area contributed by atoms with Crippen LogP contribution in [-0.4, -0.2) is 27.3 Å². The molecule has 0 aliphatic heterocycles. The van der Waals surface area contributed by atoms with Gasteiger partial charge in [-0.05, 0) is 51.4 Å². The Labute approximate surface area is 104 Å². The maximum Gasteiger partial charge on any atom is 0.178 e. The van der Waals surface area contributed by atoms with E-state index >= 15 is 0 Å². The van der Waals surface area contributed by atoms with Crippen LogP contribution in [0.1, 0.15) is 25.3 Å². The van der Waals surface area contributed by atoms with Crippen LogP contribution in [0.3, 0.4) is 0 Å². The summed E-state index contributed by atoms with van der Waals surface area (Å²) < 4.78 is 24.1. The number of hydrogen-bond acceptors (Lipinski definition) is 3. The molecule has 0 heterocycles. The first-order chi connectivity index (χ1) is 7.95. The Morgan fingerprint density at radius 3 is 2.65 bits per heavy atom. The lowest BCUT2D eigenvalue weighted by Gasteiger charge is -2.10. The molecule has 96 valence electrons. The van der Waals surface area contributed by atoms with E-state index in [1.807, 2.05) is 20.0 Å². The van der Waals surface area contributed by atoms with Gasteiger partial charge in [-0.15, -0.1) is 0 Å². The van der Waals surface area contributed by atoms with Crippen molar-refractivity contribution in [2.75, 3.05) is 12.8 Å². The van der Waals surface area contributed by atoms with Crippen LogP contribution in [0.15, 0.2) is 29.2 Å². The van der Waals surface area contributed by atoms with Crippen molar-refractivity contribution >= 4 is 9.84 Å². The lowest BCUT2D eigenvalue weighted by atomic mass is 10.2. The summed E-state index contributed by atoms with van der Waals surface area (Å²) in [5, 5.41) is 3.11. The molecule has 17 heavy (non-hydrogen) atoms. The molecule has 1 aromatic rings. The molecule has 1 aromatic carbocycles. The molecule has 0 radical (unpaired) electrons. The van der Waals surface area contributed by atoms with Crippen molar-refractivity contribution < 1.29 is 8.42 Å². The Morgan fingerprint density at radius 2 is 2.06 bits per heavy atom. The fourth-order valence-electron chi connectivity index (χ4n) is 1.65. The number of benzene rings is 1. The average molecular weight is 255 g/mol. The summed E-state index contributed by atoms with van der Waals surface area (Å²) in [6.07, 6.45) is 1.57. The molecule has 4 heteroatoms. The summed E-state index contributed by atoms with van der Waals surface area (Å²) in [7, 11) is -1.23. The SMILES string of the molecule is CNC(C)CCCS(=O)(=O)c1cccc(C)c1. The predicted molar refractivity (Wildman–Crippen MR) is 71.0 cm³/mol. The van der Waals surface area contributed by atoms with Crippen molar-refractivity contribution in [1.82, 2.24) is 5.32 Å². The van der Waals surface area contributed by atoms with Gasteiger partial charge < -0.3 is 5.32 Å². The van der Waals surface area contributed by atoms with E-state index in [9.17, 15) is 8.42 Å². The molecule has 0 saturated heterocycles. The highest BCUT2D eigenvalue weighted by atomic mass is 32.2. The molecule has 0 aliphatic rings. The van der Waals surface area contributed by atoms with Crippen LogP contribution in [-0.2, 0) is 9.84 Å². The molecule has 1 atom stereocenters. The van der Waals surface area contributed by atoms with Crippen LogP contribution in [0.5, 0.6) is 0 Å².